The number of rotatable bonds is 5. The second kappa shape index (κ2) is 5.92. The molecule has 3 nitrogen and oxygen atoms in total. The highest BCUT2D eigenvalue weighted by Gasteiger charge is 1.97. The summed E-state index contributed by atoms with van der Waals surface area (Å²) in [5.41, 5.74) is 0. The first-order valence-corrected chi connectivity index (χ1v) is 3.64. The van der Waals surface area contributed by atoms with Gasteiger partial charge >= 0.3 is 5.97 Å². The minimum absolute atomic E-state index is 0.322. The first-order valence-electron chi connectivity index (χ1n) is 3.64. The van der Waals surface area contributed by atoms with Gasteiger partial charge in [0.05, 0.1) is 12.7 Å². The summed E-state index contributed by atoms with van der Waals surface area (Å²) in [5.74, 6) is -0.407. The van der Waals surface area contributed by atoms with Crippen LogP contribution in [0.4, 0.5) is 0 Å². The molecule has 0 fully saturated rings. The summed E-state index contributed by atoms with van der Waals surface area (Å²) in [5, 5.41) is 8.81. The summed E-state index contributed by atoms with van der Waals surface area (Å²) in [7, 11) is 0. The van der Waals surface area contributed by atoms with E-state index in [-0.39, 0.29) is 6.10 Å². The minimum atomic E-state index is -0.407. The van der Waals surface area contributed by atoms with Gasteiger partial charge in [0.1, 0.15) is 0 Å². The summed E-state index contributed by atoms with van der Waals surface area (Å²) < 4.78 is 4.67. The molecule has 0 heterocycles. The predicted molar refractivity (Wildman–Crippen MR) is 42.1 cm³/mol. The Morgan fingerprint density at radius 2 is 2.45 bits per heavy atom. The number of aliphatic hydroxyl groups is 1. The fourth-order valence-corrected chi connectivity index (χ4v) is 0.610. The topological polar surface area (TPSA) is 46.5 Å². The van der Waals surface area contributed by atoms with E-state index in [0.29, 0.717) is 19.4 Å². The predicted octanol–water partition coefficient (Wildman–Crippen LogP) is 0.877. The fourth-order valence-electron chi connectivity index (χ4n) is 0.610. The molecule has 0 unspecified atom stereocenters. The second-order valence-corrected chi connectivity index (χ2v) is 2.36. The summed E-state index contributed by atoms with van der Waals surface area (Å²) >= 11 is 0. The molecule has 0 aromatic heterocycles. The third kappa shape index (κ3) is 7.06. The van der Waals surface area contributed by atoms with Crippen molar-refractivity contribution >= 4 is 5.97 Å². The van der Waals surface area contributed by atoms with E-state index in [0.717, 1.165) is 6.08 Å². The lowest BCUT2D eigenvalue weighted by Crippen LogP contribution is -2.05. The average molecular weight is 158 g/mol. The number of esters is 1. The molecule has 0 aromatic rings. The zero-order valence-corrected chi connectivity index (χ0v) is 6.75. The van der Waals surface area contributed by atoms with Crippen molar-refractivity contribution in [3.8, 4) is 0 Å². The summed E-state index contributed by atoms with van der Waals surface area (Å²) in [4.78, 5) is 10.5. The van der Waals surface area contributed by atoms with Gasteiger partial charge in [-0.05, 0) is 19.8 Å². The Hall–Kier alpha value is -0.830. The standard InChI is InChI=1S/C8H14O3/c1-3-8(10)11-6-4-5-7(2)9/h3,7,9H,1,4-6H2,2H3/t7-/m1/s1. The van der Waals surface area contributed by atoms with E-state index in [1.54, 1.807) is 6.92 Å². The van der Waals surface area contributed by atoms with E-state index in [4.69, 9.17) is 5.11 Å². The molecule has 0 aliphatic heterocycles. The SMILES string of the molecule is C=CC(=O)OCCC[C@@H](C)O. The third-order valence-electron chi connectivity index (χ3n) is 1.18. The number of carbonyl (C=O) groups excluding carboxylic acids is 1. The van der Waals surface area contributed by atoms with Crippen LogP contribution < -0.4 is 0 Å². The van der Waals surface area contributed by atoms with Crippen LogP contribution in [0.2, 0.25) is 0 Å². The van der Waals surface area contributed by atoms with Gasteiger partial charge in [0.2, 0.25) is 0 Å². The van der Waals surface area contributed by atoms with Crippen LogP contribution in [0.3, 0.4) is 0 Å². The van der Waals surface area contributed by atoms with E-state index in [9.17, 15) is 4.79 Å². The molecule has 3 heteroatoms. The molecular formula is C8H14O3. The number of aliphatic hydroxyl groups excluding tert-OH is 1. The third-order valence-corrected chi connectivity index (χ3v) is 1.18. The molecule has 0 aliphatic carbocycles. The number of ether oxygens (including phenoxy) is 1. The molecule has 0 aromatic carbocycles. The summed E-state index contributed by atoms with van der Waals surface area (Å²) in [6.07, 6.45) is 2.15. The van der Waals surface area contributed by atoms with Gasteiger partial charge in [0.25, 0.3) is 0 Å². The van der Waals surface area contributed by atoms with Crippen LogP contribution in [0.1, 0.15) is 19.8 Å². The summed E-state index contributed by atoms with van der Waals surface area (Å²) in [6.45, 7) is 5.31. The van der Waals surface area contributed by atoms with E-state index in [1.165, 1.54) is 0 Å². The smallest absolute Gasteiger partial charge is 0.330 e. The monoisotopic (exact) mass is 158 g/mol. The Balaban J connectivity index is 3.14. The van der Waals surface area contributed by atoms with Crippen molar-refractivity contribution in [1.29, 1.82) is 0 Å². The van der Waals surface area contributed by atoms with Gasteiger partial charge in [-0.25, -0.2) is 4.79 Å². The van der Waals surface area contributed by atoms with Gasteiger partial charge in [-0.2, -0.15) is 0 Å². The normalized spacial score (nSPS) is 12.2. The quantitative estimate of drug-likeness (QED) is 0.367. The maximum absolute atomic E-state index is 10.5. The van der Waals surface area contributed by atoms with Gasteiger partial charge in [0.15, 0.2) is 0 Å². The Morgan fingerprint density at radius 3 is 2.91 bits per heavy atom. The zero-order chi connectivity index (χ0) is 8.69. The molecule has 0 bridgehead atoms. The van der Waals surface area contributed by atoms with E-state index in [2.05, 4.69) is 11.3 Å². The molecule has 0 rings (SSSR count). The van der Waals surface area contributed by atoms with Crippen molar-refractivity contribution in [2.75, 3.05) is 6.61 Å². The van der Waals surface area contributed by atoms with E-state index < -0.39 is 5.97 Å². The van der Waals surface area contributed by atoms with Crippen molar-refractivity contribution < 1.29 is 14.6 Å². The minimum Gasteiger partial charge on any atom is -0.463 e. The Morgan fingerprint density at radius 1 is 1.82 bits per heavy atom. The van der Waals surface area contributed by atoms with Gasteiger partial charge in [0, 0.05) is 6.08 Å². The zero-order valence-electron chi connectivity index (χ0n) is 6.75. The highest BCUT2D eigenvalue weighted by atomic mass is 16.5. The highest BCUT2D eigenvalue weighted by molar-refractivity contribution is 5.81. The van der Waals surface area contributed by atoms with E-state index in [1.807, 2.05) is 0 Å². The maximum atomic E-state index is 10.5. The maximum Gasteiger partial charge on any atom is 0.330 e. The highest BCUT2D eigenvalue weighted by Crippen LogP contribution is 1.95. The first-order chi connectivity index (χ1) is 5.16. The molecule has 1 N–H and O–H groups in total. The molecule has 64 valence electrons. The van der Waals surface area contributed by atoms with Crippen molar-refractivity contribution in [2.45, 2.75) is 25.9 Å². The molecule has 0 spiro atoms. The molecular weight excluding hydrogens is 144 g/mol. The molecule has 0 saturated heterocycles. The van der Waals surface area contributed by atoms with Crippen LogP contribution in [0.5, 0.6) is 0 Å². The lowest BCUT2D eigenvalue weighted by Gasteiger charge is -2.03. The molecule has 0 amide bonds. The lowest BCUT2D eigenvalue weighted by atomic mass is 10.2. The Labute approximate surface area is 66.7 Å². The molecule has 0 aliphatic rings. The Kier molecular flexibility index (Phi) is 5.47. The Bertz CT molecular complexity index is 129. The van der Waals surface area contributed by atoms with Crippen LogP contribution >= 0.6 is 0 Å². The van der Waals surface area contributed by atoms with Crippen molar-refractivity contribution in [3.05, 3.63) is 12.7 Å². The number of carbonyl (C=O) groups is 1. The number of hydrogen-bond acceptors (Lipinski definition) is 3. The molecule has 0 saturated carbocycles. The van der Waals surface area contributed by atoms with Gasteiger partial charge in [-0.15, -0.1) is 0 Å². The second-order valence-electron chi connectivity index (χ2n) is 2.36. The van der Waals surface area contributed by atoms with Crippen LogP contribution in [0, 0.1) is 0 Å². The summed E-state index contributed by atoms with van der Waals surface area (Å²) in [6, 6.07) is 0. The van der Waals surface area contributed by atoms with Crippen LogP contribution in [-0.2, 0) is 9.53 Å². The lowest BCUT2D eigenvalue weighted by molar-refractivity contribution is -0.137. The first kappa shape index (κ1) is 10.2. The van der Waals surface area contributed by atoms with Crippen LogP contribution in [0.25, 0.3) is 0 Å². The average Bonchev–Trinajstić information content (AvgIpc) is 1.97. The number of hydrogen-bond donors (Lipinski definition) is 1. The molecule has 0 radical (unpaired) electrons. The van der Waals surface area contributed by atoms with E-state index >= 15 is 0 Å². The van der Waals surface area contributed by atoms with Crippen LogP contribution in [0.15, 0.2) is 12.7 Å². The van der Waals surface area contributed by atoms with Crippen LogP contribution in [-0.4, -0.2) is 23.8 Å². The van der Waals surface area contributed by atoms with Gasteiger partial charge < -0.3 is 9.84 Å². The largest absolute Gasteiger partial charge is 0.463 e. The van der Waals surface area contributed by atoms with Crippen molar-refractivity contribution in [3.63, 3.8) is 0 Å². The molecule has 1 atom stereocenters. The van der Waals surface area contributed by atoms with Gasteiger partial charge in [-0.3, -0.25) is 0 Å². The molecule has 11 heavy (non-hydrogen) atoms. The van der Waals surface area contributed by atoms with Crippen molar-refractivity contribution in [2.24, 2.45) is 0 Å². The van der Waals surface area contributed by atoms with Crippen molar-refractivity contribution in [1.82, 2.24) is 0 Å². The fraction of sp³-hybridized carbons (Fsp3) is 0.625. The van der Waals surface area contributed by atoms with Gasteiger partial charge in [-0.1, -0.05) is 6.58 Å².